The van der Waals surface area contributed by atoms with Gasteiger partial charge in [0.1, 0.15) is 0 Å². The molecule has 0 unspecified atom stereocenters. The molecule has 0 bridgehead atoms. The molecular formula is C23H23N3O2. The Kier molecular flexibility index (Phi) is 4.15. The minimum absolute atomic E-state index is 0.0854. The van der Waals surface area contributed by atoms with Crippen molar-refractivity contribution in [1.29, 1.82) is 0 Å². The van der Waals surface area contributed by atoms with Gasteiger partial charge in [0.15, 0.2) is 0 Å². The minimum atomic E-state index is -0.163. The van der Waals surface area contributed by atoms with Crippen molar-refractivity contribution in [3.05, 3.63) is 64.8 Å². The van der Waals surface area contributed by atoms with Crippen molar-refractivity contribution in [2.45, 2.75) is 44.6 Å². The smallest absolute Gasteiger partial charge is 0.257 e. The third-order valence-corrected chi connectivity index (χ3v) is 5.67. The molecule has 142 valence electrons. The van der Waals surface area contributed by atoms with Crippen LogP contribution >= 0.6 is 0 Å². The van der Waals surface area contributed by atoms with Crippen molar-refractivity contribution in [2.24, 2.45) is 0 Å². The summed E-state index contributed by atoms with van der Waals surface area (Å²) in [7, 11) is 0. The molecule has 2 aliphatic carbocycles. The first kappa shape index (κ1) is 17.0. The fraction of sp³-hybridized carbons (Fsp3) is 0.304. The number of benzene rings is 2. The number of carbonyl (C=O) groups excluding carboxylic acids is 2. The van der Waals surface area contributed by atoms with Crippen LogP contribution in [0.4, 0.5) is 5.69 Å². The topological polar surface area (TPSA) is 74.0 Å². The molecule has 0 atom stereocenters. The number of aryl methyl sites for hydroxylation is 2. The van der Waals surface area contributed by atoms with Crippen LogP contribution in [0.2, 0.25) is 0 Å². The van der Waals surface area contributed by atoms with Crippen molar-refractivity contribution >= 4 is 28.4 Å². The Morgan fingerprint density at radius 2 is 1.79 bits per heavy atom. The average molecular weight is 373 g/mol. The molecule has 0 saturated heterocycles. The van der Waals surface area contributed by atoms with E-state index >= 15 is 0 Å². The molecule has 5 nitrogen and oxygen atoms in total. The van der Waals surface area contributed by atoms with Crippen molar-refractivity contribution < 1.29 is 9.59 Å². The van der Waals surface area contributed by atoms with Crippen LogP contribution in [-0.4, -0.2) is 22.8 Å². The van der Waals surface area contributed by atoms with Crippen LogP contribution in [0.1, 0.15) is 57.7 Å². The Balaban J connectivity index is 1.41. The molecule has 2 amide bonds. The summed E-state index contributed by atoms with van der Waals surface area (Å²) in [6.07, 6.45) is 6.60. The number of amides is 2. The summed E-state index contributed by atoms with van der Waals surface area (Å²) in [5.41, 5.74) is 5.36. The van der Waals surface area contributed by atoms with Crippen LogP contribution in [0.25, 0.3) is 10.9 Å². The molecular weight excluding hydrogens is 350 g/mol. The molecule has 3 aromatic rings. The highest BCUT2D eigenvalue weighted by atomic mass is 16.2. The van der Waals surface area contributed by atoms with Gasteiger partial charge in [0.25, 0.3) is 11.8 Å². The number of hydrogen-bond acceptors (Lipinski definition) is 2. The lowest BCUT2D eigenvalue weighted by Crippen LogP contribution is -2.25. The second-order valence-corrected chi connectivity index (χ2v) is 7.80. The molecule has 2 aromatic carbocycles. The number of nitrogens with one attached hydrogen (secondary N) is 3. The number of rotatable bonds is 4. The van der Waals surface area contributed by atoms with Crippen LogP contribution in [-0.2, 0) is 12.8 Å². The van der Waals surface area contributed by atoms with Gasteiger partial charge in [-0.05, 0) is 68.4 Å². The van der Waals surface area contributed by atoms with Gasteiger partial charge >= 0.3 is 0 Å². The molecule has 0 radical (unpaired) electrons. The quantitative estimate of drug-likeness (QED) is 0.641. The first-order chi connectivity index (χ1) is 13.7. The van der Waals surface area contributed by atoms with Crippen molar-refractivity contribution in [3.8, 4) is 0 Å². The van der Waals surface area contributed by atoms with Crippen molar-refractivity contribution in [1.82, 2.24) is 10.3 Å². The zero-order valence-electron chi connectivity index (χ0n) is 15.7. The van der Waals surface area contributed by atoms with Crippen molar-refractivity contribution in [3.63, 3.8) is 0 Å². The van der Waals surface area contributed by atoms with Crippen LogP contribution < -0.4 is 10.6 Å². The van der Waals surface area contributed by atoms with Crippen LogP contribution in [0, 0.1) is 0 Å². The average Bonchev–Trinajstić information content (AvgIpc) is 3.45. The van der Waals surface area contributed by atoms with Gasteiger partial charge in [-0.3, -0.25) is 9.59 Å². The number of aromatic nitrogens is 1. The van der Waals surface area contributed by atoms with E-state index in [-0.39, 0.29) is 11.8 Å². The molecule has 5 rings (SSSR count). The number of H-pyrrole nitrogens is 1. The molecule has 3 N–H and O–H groups in total. The van der Waals surface area contributed by atoms with E-state index in [2.05, 4.69) is 21.7 Å². The highest BCUT2D eigenvalue weighted by Gasteiger charge is 2.24. The Morgan fingerprint density at radius 3 is 2.64 bits per heavy atom. The number of carbonyl (C=O) groups is 2. The van der Waals surface area contributed by atoms with Crippen LogP contribution in [0.15, 0.2) is 42.5 Å². The lowest BCUT2D eigenvalue weighted by molar-refractivity contribution is 0.0949. The second kappa shape index (κ2) is 6.82. The summed E-state index contributed by atoms with van der Waals surface area (Å²) < 4.78 is 0. The minimum Gasteiger partial charge on any atom is -0.358 e. The van der Waals surface area contributed by atoms with Gasteiger partial charge in [0.05, 0.1) is 11.1 Å². The fourth-order valence-electron chi connectivity index (χ4n) is 4.05. The van der Waals surface area contributed by atoms with E-state index in [1.807, 2.05) is 18.2 Å². The lowest BCUT2D eigenvalue weighted by atomic mass is 9.95. The maximum atomic E-state index is 13.0. The predicted molar refractivity (Wildman–Crippen MR) is 110 cm³/mol. The molecule has 0 spiro atoms. The first-order valence-electron chi connectivity index (χ1n) is 10.0. The first-order valence-corrected chi connectivity index (χ1v) is 10.0. The van der Waals surface area contributed by atoms with Gasteiger partial charge in [-0.25, -0.2) is 0 Å². The number of hydrogen-bond donors (Lipinski definition) is 3. The van der Waals surface area contributed by atoms with E-state index in [1.54, 1.807) is 18.2 Å². The zero-order chi connectivity index (χ0) is 19.1. The summed E-state index contributed by atoms with van der Waals surface area (Å²) in [6, 6.07) is 13.3. The maximum absolute atomic E-state index is 13.0. The summed E-state index contributed by atoms with van der Waals surface area (Å²) in [5.74, 6) is -0.248. The van der Waals surface area contributed by atoms with Crippen LogP contribution in [0.3, 0.4) is 0 Å². The van der Waals surface area contributed by atoms with E-state index in [0.717, 1.165) is 36.6 Å². The van der Waals surface area contributed by atoms with Gasteiger partial charge in [0.2, 0.25) is 0 Å². The van der Waals surface area contributed by atoms with E-state index in [0.29, 0.717) is 22.9 Å². The van der Waals surface area contributed by atoms with Gasteiger partial charge in [-0.15, -0.1) is 0 Å². The summed E-state index contributed by atoms with van der Waals surface area (Å²) in [5, 5.41) is 7.09. The number of fused-ring (bicyclic) bond motifs is 3. The van der Waals surface area contributed by atoms with E-state index in [9.17, 15) is 9.59 Å². The van der Waals surface area contributed by atoms with Gasteiger partial charge in [-0.1, -0.05) is 18.2 Å². The Labute approximate surface area is 163 Å². The Hall–Kier alpha value is -3.08. The largest absolute Gasteiger partial charge is 0.358 e. The number of para-hydroxylation sites is 1. The SMILES string of the molecule is O=C(NC1CC1)c1cccc(NC(=O)c2cccc3c4c([nH]c23)CCCC4)c1. The second-order valence-electron chi connectivity index (χ2n) is 7.80. The highest BCUT2D eigenvalue weighted by Crippen LogP contribution is 2.31. The van der Waals surface area contributed by atoms with Gasteiger partial charge in [-0.2, -0.15) is 0 Å². The number of aromatic amines is 1. The Morgan fingerprint density at radius 1 is 0.964 bits per heavy atom. The molecule has 1 saturated carbocycles. The number of anilines is 1. The summed E-state index contributed by atoms with van der Waals surface area (Å²) >= 11 is 0. The van der Waals surface area contributed by atoms with Crippen LogP contribution in [0.5, 0.6) is 0 Å². The third kappa shape index (κ3) is 3.17. The maximum Gasteiger partial charge on any atom is 0.257 e. The van der Waals surface area contributed by atoms with E-state index < -0.39 is 0 Å². The summed E-state index contributed by atoms with van der Waals surface area (Å²) in [4.78, 5) is 28.7. The van der Waals surface area contributed by atoms with Gasteiger partial charge < -0.3 is 15.6 Å². The van der Waals surface area contributed by atoms with Gasteiger partial charge in [0, 0.05) is 28.4 Å². The summed E-state index contributed by atoms with van der Waals surface area (Å²) in [6.45, 7) is 0. The molecule has 1 fully saturated rings. The molecule has 5 heteroatoms. The highest BCUT2D eigenvalue weighted by molar-refractivity contribution is 6.13. The van der Waals surface area contributed by atoms with E-state index in [4.69, 9.17) is 0 Å². The zero-order valence-corrected chi connectivity index (χ0v) is 15.7. The molecule has 1 heterocycles. The standard InChI is InChI=1S/C23H23N3O2/c27-22(24-15-11-12-15)14-5-3-6-16(13-14)25-23(28)19-9-4-8-18-17-7-1-2-10-20(17)26-21(18)19/h3-6,8-9,13,15,26H,1-2,7,10-12H2,(H,24,27)(H,25,28). The fourth-order valence-corrected chi connectivity index (χ4v) is 4.05. The molecule has 2 aliphatic rings. The molecule has 0 aliphatic heterocycles. The Bertz CT molecular complexity index is 1080. The third-order valence-electron chi connectivity index (χ3n) is 5.67. The monoisotopic (exact) mass is 373 g/mol. The molecule has 1 aromatic heterocycles. The predicted octanol–water partition coefficient (Wildman–Crippen LogP) is 4.19. The van der Waals surface area contributed by atoms with Crippen molar-refractivity contribution in [2.75, 3.05) is 5.32 Å². The normalized spacial score (nSPS) is 15.9. The lowest BCUT2D eigenvalue weighted by Gasteiger charge is -2.10. The van der Waals surface area contributed by atoms with E-state index in [1.165, 1.54) is 24.1 Å². The molecule has 28 heavy (non-hydrogen) atoms.